The number of carbonyl (C=O) groups is 1. The number of nitrogens with zero attached hydrogens (tertiary/aromatic N) is 1. The molecule has 1 atom stereocenters. The Bertz CT molecular complexity index is 382. The van der Waals surface area contributed by atoms with Crippen molar-refractivity contribution in [2.75, 3.05) is 33.5 Å². The minimum absolute atomic E-state index is 0.0656. The van der Waals surface area contributed by atoms with Crippen LogP contribution in [0.25, 0.3) is 0 Å². The third kappa shape index (κ3) is 6.14. The highest BCUT2D eigenvalue weighted by atomic mass is 16.5. The van der Waals surface area contributed by atoms with Gasteiger partial charge in [0, 0.05) is 20.2 Å². The summed E-state index contributed by atoms with van der Waals surface area (Å²) in [6, 6.07) is 9.35. The molecule has 5 nitrogen and oxygen atoms in total. The molecule has 0 aliphatic heterocycles. The minimum atomic E-state index is -0.502. The van der Waals surface area contributed by atoms with Crippen molar-refractivity contribution in [1.29, 1.82) is 0 Å². The van der Waals surface area contributed by atoms with Crippen molar-refractivity contribution in [3.05, 3.63) is 35.9 Å². The van der Waals surface area contributed by atoms with Crippen LogP contribution in [-0.4, -0.2) is 50.3 Å². The highest BCUT2D eigenvalue weighted by Gasteiger charge is 2.17. The lowest BCUT2D eigenvalue weighted by molar-refractivity contribution is -0.133. The van der Waals surface area contributed by atoms with Crippen molar-refractivity contribution in [2.45, 2.75) is 19.5 Å². The van der Waals surface area contributed by atoms with Crippen molar-refractivity contribution in [3.8, 4) is 0 Å². The molecule has 0 spiro atoms. The minimum Gasteiger partial charge on any atom is -0.382 e. The Labute approximate surface area is 120 Å². The number of hydrogen-bond donors (Lipinski definition) is 1. The van der Waals surface area contributed by atoms with E-state index >= 15 is 0 Å². The van der Waals surface area contributed by atoms with E-state index in [0.29, 0.717) is 32.9 Å². The molecular formula is C15H24N2O3. The number of methoxy groups -OCH3 is 1. The van der Waals surface area contributed by atoms with Gasteiger partial charge in [-0.1, -0.05) is 30.3 Å². The van der Waals surface area contributed by atoms with Crippen LogP contribution in [0.3, 0.4) is 0 Å². The quantitative estimate of drug-likeness (QED) is 0.686. The average molecular weight is 280 g/mol. The third-order valence-corrected chi connectivity index (χ3v) is 2.85. The molecule has 2 N–H and O–H groups in total. The van der Waals surface area contributed by atoms with Crippen LogP contribution < -0.4 is 5.73 Å². The Balaban J connectivity index is 2.50. The predicted molar refractivity (Wildman–Crippen MR) is 78.2 cm³/mol. The molecule has 1 aromatic rings. The van der Waals surface area contributed by atoms with Gasteiger partial charge in [-0.15, -0.1) is 0 Å². The molecular weight excluding hydrogens is 256 g/mol. The number of benzene rings is 1. The van der Waals surface area contributed by atoms with Crippen LogP contribution in [0.4, 0.5) is 0 Å². The summed E-state index contributed by atoms with van der Waals surface area (Å²) in [7, 11) is 1.63. The van der Waals surface area contributed by atoms with Crippen molar-refractivity contribution in [1.82, 2.24) is 4.90 Å². The fourth-order valence-electron chi connectivity index (χ4n) is 1.78. The van der Waals surface area contributed by atoms with Gasteiger partial charge in [0.1, 0.15) is 0 Å². The first-order chi connectivity index (χ1) is 9.65. The Morgan fingerprint density at radius 1 is 1.25 bits per heavy atom. The number of nitrogens with two attached hydrogens (primary N) is 1. The smallest absolute Gasteiger partial charge is 0.239 e. The number of rotatable bonds is 9. The molecule has 0 saturated carbocycles. The molecule has 5 heteroatoms. The van der Waals surface area contributed by atoms with Crippen LogP contribution in [0.2, 0.25) is 0 Å². The van der Waals surface area contributed by atoms with Crippen LogP contribution in [0.15, 0.2) is 30.3 Å². The summed E-state index contributed by atoms with van der Waals surface area (Å²) < 4.78 is 10.3. The second-order valence-electron chi connectivity index (χ2n) is 4.64. The number of ether oxygens (including phenoxy) is 2. The van der Waals surface area contributed by atoms with Gasteiger partial charge in [0.05, 0.1) is 25.9 Å². The molecule has 0 saturated heterocycles. The Morgan fingerprint density at radius 2 is 1.95 bits per heavy atom. The van der Waals surface area contributed by atoms with Crippen molar-refractivity contribution < 1.29 is 14.3 Å². The lowest BCUT2D eigenvalue weighted by Crippen LogP contribution is -2.43. The van der Waals surface area contributed by atoms with E-state index in [9.17, 15) is 4.79 Å². The van der Waals surface area contributed by atoms with Crippen LogP contribution in [0.5, 0.6) is 0 Å². The molecule has 112 valence electrons. The third-order valence-electron chi connectivity index (χ3n) is 2.85. The van der Waals surface area contributed by atoms with Crippen molar-refractivity contribution in [3.63, 3.8) is 0 Å². The summed E-state index contributed by atoms with van der Waals surface area (Å²) in [5.41, 5.74) is 6.77. The van der Waals surface area contributed by atoms with Gasteiger partial charge in [0.15, 0.2) is 0 Å². The summed E-state index contributed by atoms with van der Waals surface area (Å²) in [5.74, 6) is -0.0656. The largest absolute Gasteiger partial charge is 0.382 e. The van der Waals surface area contributed by atoms with E-state index in [1.807, 2.05) is 30.3 Å². The predicted octanol–water partition coefficient (Wildman–Crippen LogP) is 1.03. The van der Waals surface area contributed by atoms with Gasteiger partial charge in [-0.2, -0.15) is 0 Å². The van der Waals surface area contributed by atoms with E-state index in [-0.39, 0.29) is 5.91 Å². The zero-order chi connectivity index (χ0) is 14.8. The molecule has 20 heavy (non-hydrogen) atoms. The van der Waals surface area contributed by atoms with Gasteiger partial charge in [-0.3, -0.25) is 4.79 Å². The second kappa shape index (κ2) is 9.47. The summed E-state index contributed by atoms with van der Waals surface area (Å²) >= 11 is 0. The Morgan fingerprint density at radius 3 is 2.55 bits per heavy atom. The topological polar surface area (TPSA) is 64.8 Å². The van der Waals surface area contributed by atoms with Crippen LogP contribution in [-0.2, 0) is 20.8 Å². The van der Waals surface area contributed by atoms with Gasteiger partial charge >= 0.3 is 0 Å². The lowest BCUT2D eigenvalue weighted by atomic mass is 10.2. The Kier molecular flexibility index (Phi) is 7.87. The molecule has 0 aromatic heterocycles. The number of hydrogen-bond acceptors (Lipinski definition) is 4. The maximum absolute atomic E-state index is 12.1. The summed E-state index contributed by atoms with van der Waals surface area (Å²) in [5, 5.41) is 0. The summed E-state index contributed by atoms with van der Waals surface area (Å²) in [4.78, 5) is 13.8. The summed E-state index contributed by atoms with van der Waals surface area (Å²) in [6.45, 7) is 4.34. The first-order valence-electron chi connectivity index (χ1n) is 6.80. The molecule has 0 aliphatic rings. The maximum Gasteiger partial charge on any atom is 0.239 e. The van der Waals surface area contributed by atoms with Crippen LogP contribution in [0.1, 0.15) is 12.5 Å². The van der Waals surface area contributed by atoms with Gasteiger partial charge in [0.25, 0.3) is 0 Å². The maximum atomic E-state index is 12.1. The molecule has 0 bridgehead atoms. The Hall–Kier alpha value is -1.43. The van der Waals surface area contributed by atoms with Crippen LogP contribution >= 0.6 is 0 Å². The van der Waals surface area contributed by atoms with E-state index in [0.717, 1.165) is 5.56 Å². The number of carbonyl (C=O) groups excluding carboxylic acids is 1. The average Bonchev–Trinajstić information content (AvgIpc) is 2.46. The standard InChI is InChI=1S/C15H24N2O3/c1-13(16)15(18)17(8-9-20-11-10-19-2)12-14-6-4-3-5-7-14/h3-7,13H,8-12,16H2,1-2H3/t13-/m1/s1. The van der Waals surface area contributed by atoms with Crippen molar-refractivity contribution >= 4 is 5.91 Å². The van der Waals surface area contributed by atoms with E-state index in [4.69, 9.17) is 15.2 Å². The number of amides is 1. The molecule has 0 unspecified atom stereocenters. The normalized spacial score (nSPS) is 12.2. The molecule has 1 rings (SSSR count). The highest BCUT2D eigenvalue weighted by molar-refractivity contribution is 5.81. The summed E-state index contributed by atoms with van der Waals surface area (Å²) in [6.07, 6.45) is 0. The van der Waals surface area contributed by atoms with Gasteiger partial charge in [0.2, 0.25) is 5.91 Å². The molecule has 0 heterocycles. The van der Waals surface area contributed by atoms with Crippen molar-refractivity contribution in [2.24, 2.45) is 5.73 Å². The van der Waals surface area contributed by atoms with E-state index in [1.54, 1.807) is 18.9 Å². The lowest BCUT2D eigenvalue weighted by Gasteiger charge is -2.24. The fraction of sp³-hybridized carbons (Fsp3) is 0.533. The second-order valence-corrected chi connectivity index (χ2v) is 4.64. The van der Waals surface area contributed by atoms with E-state index in [2.05, 4.69) is 0 Å². The zero-order valence-corrected chi connectivity index (χ0v) is 12.2. The molecule has 1 amide bonds. The molecule has 1 aromatic carbocycles. The van der Waals surface area contributed by atoms with E-state index in [1.165, 1.54) is 0 Å². The zero-order valence-electron chi connectivity index (χ0n) is 12.2. The van der Waals surface area contributed by atoms with Crippen LogP contribution in [0, 0.1) is 0 Å². The SMILES string of the molecule is COCCOCCN(Cc1ccccc1)C(=O)[C@@H](C)N. The highest BCUT2D eigenvalue weighted by Crippen LogP contribution is 2.05. The molecule has 0 aliphatic carbocycles. The molecule has 0 radical (unpaired) electrons. The van der Waals surface area contributed by atoms with Gasteiger partial charge in [-0.05, 0) is 12.5 Å². The fourth-order valence-corrected chi connectivity index (χ4v) is 1.78. The molecule has 0 fully saturated rings. The monoisotopic (exact) mass is 280 g/mol. The van der Waals surface area contributed by atoms with Gasteiger partial charge in [-0.25, -0.2) is 0 Å². The van der Waals surface area contributed by atoms with Gasteiger partial charge < -0.3 is 20.1 Å². The first kappa shape index (κ1) is 16.6. The first-order valence-corrected chi connectivity index (χ1v) is 6.80. The van der Waals surface area contributed by atoms with E-state index < -0.39 is 6.04 Å².